The van der Waals surface area contributed by atoms with Crippen LogP contribution in [-0.2, 0) is 23.7 Å². The van der Waals surface area contributed by atoms with Crippen molar-refractivity contribution in [1.82, 2.24) is 0 Å². The van der Waals surface area contributed by atoms with E-state index in [2.05, 4.69) is 26.0 Å². The van der Waals surface area contributed by atoms with Crippen LogP contribution in [0.2, 0.25) is 0 Å². The molecule has 4 N–H and O–H groups in total. The minimum absolute atomic E-state index is 0.111. The number of rotatable bonds is 36. The lowest BCUT2D eigenvalue weighted by molar-refractivity contribution is -0.305. The summed E-state index contributed by atoms with van der Waals surface area (Å²) in [6.45, 7) is 4.54. The molecule has 1 rings (SSSR count). The highest BCUT2D eigenvalue weighted by molar-refractivity contribution is 5.69. The highest BCUT2D eigenvalue weighted by Crippen LogP contribution is 2.22. The molecule has 9 heteroatoms. The molecule has 51 heavy (non-hydrogen) atoms. The van der Waals surface area contributed by atoms with Crippen molar-refractivity contribution in [2.45, 2.75) is 224 Å². The van der Waals surface area contributed by atoms with E-state index in [0.717, 1.165) is 32.1 Å². The average molecular weight is 729 g/mol. The van der Waals surface area contributed by atoms with E-state index in [1.165, 1.54) is 135 Å². The Labute approximate surface area is 312 Å². The van der Waals surface area contributed by atoms with E-state index < -0.39 is 43.4 Å². The molecule has 0 aromatic rings. The summed E-state index contributed by atoms with van der Waals surface area (Å²) < 4.78 is 22.8. The van der Waals surface area contributed by atoms with Gasteiger partial charge in [0.15, 0.2) is 6.29 Å². The van der Waals surface area contributed by atoms with Crippen LogP contribution in [0.15, 0.2) is 12.2 Å². The third kappa shape index (κ3) is 26.4. The number of aliphatic hydroxyl groups is 4. The summed E-state index contributed by atoms with van der Waals surface area (Å²) in [5, 5.41) is 40.0. The zero-order valence-electron chi connectivity index (χ0n) is 32.9. The summed E-state index contributed by atoms with van der Waals surface area (Å²) in [7, 11) is 0. The van der Waals surface area contributed by atoms with Crippen molar-refractivity contribution >= 4 is 5.97 Å². The van der Waals surface area contributed by atoms with Crippen LogP contribution in [0.5, 0.6) is 0 Å². The van der Waals surface area contributed by atoms with Gasteiger partial charge < -0.3 is 39.4 Å². The van der Waals surface area contributed by atoms with Crippen molar-refractivity contribution < 1.29 is 44.2 Å². The third-order valence-electron chi connectivity index (χ3n) is 9.93. The monoisotopic (exact) mass is 729 g/mol. The maximum Gasteiger partial charge on any atom is 0.306 e. The Morgan fingerprint density at radius 1 is 0.608 bits per heavy atom. The van der Waals surface area contributed by atoms with Crippen LogP contribution in [-0.4, -0.2) is 89.6 Å². The van der Waals surface area contributed by atoms with Gasteiger partial charge in [0.2, 0.25) is 0 Å². The number of ether oxygens (including phenoxy) is 4. The predicted octanol–water partition coefficient (Wildman–Crippen LogP) is 8.86. The number of hydrogen-bond donors (Lipinski definition) is 4. The van der Waals surface area contributed by atoms with Gasteiger partial charge in [-0.2, -0.15) is 0 Å². The van der Waals surface area contributed by atoms with E-state index in [1.807, 2.05) is 0 Å². The van der Waals surface area contributed by atoms with E-state index in [1.54, 1.807) is 0 Å². The van der Waals surface area contributed by atoms with Gasteiger partial charge >= 0.3 is 5.97 Å². The van der Waals surface area contributed by atoms with Crippen LogP contribution in [0.25, 0.3) is 0 Å². The zero-order valence-corrected chi connectivity index (χ0v) is 32.9. The smallest absolute Gasteiger partial charge is 0.306 e. The van der Waals surface area contributed by atoms with Crippen molar-refractivity contribution in [2.24, 2.45) is 0 Å². The third-order valence-corrected chi connectivity index (χ3v) is 9.93. The van der Waals surface area contributed by atoms with Gasteiger partial charge in [-0.05, 0) is 38.5 Å². The molecule has 0 saturated carbocycles. The SMILES string of the molecule is CCCCC/C=C\CCCCCCCCOCC(COC1OC(CO)C(O)C(O)C1O)OC(=O)CCCCCCCCCCCCCCCCC. The van der Waals surface area contributed by atoms with Gasteiger partial charge in [-0.1, -0.05) is 154 Å². The number of aliphatic hydroxyl groups excluding tert-OH is 4. The number of unbranched alkanes of at least 4 members (excludes halogenated alkanes) is 23. The van der Waals surface area contributed by atoms with Crippen LogP contribution in [0.4, 0.5) is 0 Å². The van der Waals surface area contributed by atoms with Crippen molar-refractivity contribution in [1.29, 1.82) is 0 Å². The molecule has 6 atom stereocenters. The summed E-state index contributed by atoms with van der Waals surface area (Å²) >= 11 is 0. The first-order valence-corrected chi connectivity index (χ1v) is 21.3. The first-order chi connectivity index (χ1) is 24.9. The van der Waals surface area contributed by atoms with Crippen LogP contribution >= 0.6 is 0 Å². The second kappa shape index (κ2) is 34.7. The lowest BCUT2D eigenvalue weighted by Gasteiger charge is -2.39. The standard InChI is InChI=1S/C42H80O9/c1-3-5-7-9-11-13-15-17-18-19-21-23-25-27-29-31-38(44)50-36(35-49-42-41(47)40(46)39(45)37(33-43)51-42)34-48-32-30-28-26-24-22-20-16-14-12-10-8-6-4-2/h12,14,36-37,39-43,45-47H,3-11,13,15-35H2,1-2H3/b14-12-. The fourth-order valence-corrected chi connectivity index (χ4v) is 6.54. The molecular weight excluding hydrogens is 648 g/mol. The second-order valence-electron chi connectivity index (χ2n) is 14.8. The molecule has 9 nitrogen and oxygen atoms in total. The van der Waals surface area contributed by atoms with Crippen LogP contribution in [0.3, 0.4) is 0 Å². The molecule has 6 unspecified atom stereocenters. The molecule has 0 spiro atoms. The molecule has 0 bridgehead atoms. The lowest BCUT2D eigenvalue weighted by atomic mass is 9.99. The Hall–Kier alpha value is -1.07. The summed E-state index contributed by atoms with van der Waals surface area (Å²) in [5.74, 6) is -0.313. The Morgan fingerprint density at radius 2 is 1.08 bits per heavy atom. The Bertz CT molecular complexity index is 792. The van der Waals surface area contributed by atoms with Crippen LogP contribution in [0.1, 0.15) is 187 Å². The Kier molecular flexibility index (Phi) is 32.6. The quantitative estimate of drug-likeness (QED) is 0.0284. The molecule has 1 aliphatic heterocycles. The number of carbonyl (C=O) groups excluding carboxylic acids is 1. The first-order valence-electron chi connectivity index (χ1n) is 21.3. The first kappa shape index (κ1) is 48.0. The van der Waals surface area contributed by atoms with Crippen molar-refractivity contribution in [3.63, 3.8) is 0 Å². The molecule has 0 aromatic carbocycles. The van der Waals surface area contributed by atoms with Gasteiger partial charge in [0.25, 0.3) is 0 Å². The zero-order chi connectivity index (χ0) is 37.2. The highest BCUT2D eigenvalue weighted by atomic mass is 16.7. The lowest BCUT2D eigenvalue weighted by Crippen LogP contribution is -2.59. The van der Waals surface area contributed by atoms with E-state index in [0.29, 0.717) is 13.0 Å². The Morgan fingerprint density at radius 3 is 1.63 bits per heavy atom. The molecule has 1 aliphatic rings. The molecule has 0 aliphatic carbocycles. The van der Waals surface area contributed by atoms with E-state index in [9.17, 15) is 25.2 Å². The molecule has 0 amide bonds. The summed E-state index contributed by atoms with van der Waals surface area (Å²) in [6, 6.07) is 0. The highest BCUT2D eigenvalue weighted by Gasteiger charge is 2.44. The molecule has 302 valence electrons. The summed E-state index contributed by atoms with van der Waals surface area (Å²) in [6.07, 6.45) is 29.4. The molecule has 1 saturated heterocycles. The molecule has 0 radical (unpaired) electrons. The number of hydrogen-bond acceptors (Lipinski definition) is 9. The summed E-state index contributed by atoms with van der Waals surface area (Å²) in [4.78, 5) is 12.7. The minimum atomic E-state index is -1.53. The van der Waals surface area contributed by atoms with Crippen molar-refractivity contribution in [3.8, 4) is 0 Å². The van der Waals surface area contributed by atoms with E-state index >= 15 is 0 Å². The number of allylic oxidation sites excluding steroid dienone is 2. The van der Waals surface area contributed by atoms with E-state index in [-0.39, 0.29) is 19.2 Å². The van der Waals surface area contributed by atoms with E-state index in [4.69, 9.17) is 18.9 Å². The van der Waals surface area contributed by atoms with Gasteiger partial charge in [0.1, 0.15) is 30.5 Å². The molecule has 1 heterocycles. The fourth-order valence-electron chi connectivity index (χ4n) is 6.54. The van der Waals surface area contributed by atoms with Gasteiger partial charge in [0, 0.05) is 13.0 Å². The topological polar surface area (TPSA) is 135 Å². The molecule has 0 aromatic heterocycles. The van der Waals surface area contributed by atoms with Gasteiger partial charge in [-0.3, -0.25) is 4.79 Å². The number of esters is 1. The fraction of sp³-hybridized carbons (Fsp3) is 0.929. The summed E-state index contributed by atoms with van der Waals surface area (Å²) in [5.41, 5.74) is 0. The maximum absolute atomic E-state index is 12.7. The average Bonchev–Trinajstić information content (AvgIpc) is 3.13. The second-order valence-corrected chi connectivity index (χ2v) is 14.8. The van der Waals surface area contributed by atoms with Gasteiger partial charge in [0.05, 0.1) is 19.8 Å². The minimum Gasteiger partial charge on any atom is -0.457 e. The Balaban J connectivity index is 2.28. The van der Waals surface area contributed by atoms with Crippen molar-refractivity contribution in [2.75, 3.05) is 26.4 Å². The molecule has 1 fully saturated rings. The van der Waals surface area contributed by atoms with Gasteiger partial charge in [-0.15, -0.1) is 0 Å². The normalized spacial score (nSPS) is 21.4. The van der Waals surface area contributed by atoms with Crippen LogP contribution in [0, 0.1) is 0 Å². The van der Waals surface area contributed by atoms with Crippen LogP contribution < -0.4 is 0 Å². The van der Waals surface area contributed by atoms with Gasteiger partial charge in [-0.25, -0.2) is 0 Å². The van der Waals surface area contributed by atoms with Crippen molar-refractivity contribution in [3.05, 3.63) is 12.2 Å². The predicted molar refractivity (Wildman–Crippen MR) is 206 cm³/mol. The maximum atomic E-state index is 12.7. The number of carbonyl (C=O) groups is 1. The molecular formula is C42H80O9. The largest absolute Gasteiger partial charge is 0.457 e.